The fourth-order valence-electron chi connectivity index (χ4n) is 1.48. The van der Waals surface area contributed by atoms with Crippen LogP contribution >= 0.6 is 34.2 Å². The molecule has 1 amide bonds. The van der Waals surface area contributed by atoms with E-state index in [4.69, 9.17) is 16.3 Å². The molecule has 0 aromatic heterocycles. The van der Waals surface area contributed by atoms with Gasteiger partial charge in [0, 0.05) is 5.02 Å². The molecule has 6 heteroatoms. The molecule has 0 saturated carbocycles. The lowest BCUT2D eigenvalue weighted by atomic mass is 10.3. The smallest absolute Gasteiger partial charge is 0.262 e. The fraction of sp³-hybridized carbons (Fsp3) is 0.0714. The first kappa shape index (κ1) is 15.1. The van der Waals surface area contributed by atoms with Gasteiger partial charge in [0.1, 0.15) is 11.6 Å². The number of halogens is 3. The number of hydrogen-bond donors (Lipinski definition) is 1. The van der Waals surface area contributed by atoms with E-state index in [1.165, 1.54) is 18.2 Å². The normalized spacial score (nSPS) is 10.2. The molecule has 2 rings (SSSR count). The number of para-hydroxylation sites is 1. The van der Waals surface area contributed by atoms with E-state index < -0.39 is 11.7 Å². The molecule has 0 fully saturated rings. The average molecular weight is 406 g/mol. The Morgan fingerprint density at radius 2 is 2.05 bits per heavy atom. The largest absolute Gasteiger partial charge is 0.483 e. The monoisotopic (exact) mass is 405 g/mol. The summed E-state index contributed by atoms with van der Waals surface area (Å²) in [5.41, 5.74) is 0.0360. The van der Waals surface area contributed by atoms with Gasteiger partial charge in [-0.05, 0) is 52.9 Å². The average Bonchev–Trinajstić information content (AvgIpc) is 2.42. The van der Waals surface area contributed by atoms with Crippen molar-refractivity contribution in [3.8, 4) is 5.75 Å². The highest BCUT2D eigenvalue weighted by atomic mass is 127. The third-order valence-corrected chi connectivity index (χ3v) is 3.52. The summed E-state index contributed by atoms with van der Waals surface area (Å²) >= 11 is 7.85. The second kappa shape index (κ2) is 6.90. The molecule has 0 spiro atoms. The van der Waals surface area contributed by atoms with Crippen LogP contribution in [-0.4, -0.2) is 12.5 Å². The molecule has 104 valence electrons. The number of ether oxygens (including phenoxy) is 1. The lowest BCUT2D eigenvalue weighted by Gasteiger charge is -2.09. The maximum absolute atomic E-state index is 13.4. The van der Waals surface area contributed by atoms with Crippen molar-refractivity contribution in [1.82, 2.24) is 0 Å². The van der Waals surface area contributed by atoms with E-state index in [1.54, 1.807) is 6.07 Å². The predicted octanol–water partition coefficient (Wildman–Crippen LogP) is 4.10. The quantitative estimate of drug-likeness (QED) is 0.778. The molecular formula is C14H10ClFINO2. The molecule has 2 aromatic carbocycles. The highest BCUT2D eigenvalue weighted by molar-refractivity contribution is 14.1. The Bertz CT molecular complexity index is 636. The molecule has 3 nitrogen and oxygen atoms in total. The molecule has 0 unspecified atom stereocenters. The van der Waals surface area contributed by atoms with Crippen LogP contribution in [0.5, 0.6) is 5.75 Å². The van der Waals surface area contributed by atoms with Gasteiger partial charge in [-0.15, -0.1) is 0 Å². The van der Waals surface area contributed by atoms with Crippen molar-refractivity contribution < 1.29 is 13.9 Å². The van der Waals surface area contributed by atoms with Gasteiger partial charge in [0.05, 0.1) is 9.26 Å². The van der Waals surface area contributed by atoms with Crippen LogP contribution in [-0.2, 0) is 4.79 Å². The second-order valence-corrected chi connectivity index (χ2v) is 5.49. The minimum absolute atomic E-state index is 0.0360. The highest BCUT2D eigenvalue weighted by Crippen LogP contribution is 2.21. The molecule has 0 heterocycles. The van der Waals surface area contributed by atoms with Gasteiger partial charge in [-0.2, -0.15) is 0 Å². The van der Waals surface area contributed by atoms with E-state index in [9.17, 15) is 9.18 Å². The number of carbonyl (C=O) groups is 1. The zero-order valence-corrected chi connectivity index (χ0v) is 13.1. The SMILES string of the molecule is O=C(COc1ccccc1I)Nc1cc(Cl)ccc1F. The molecule has 0 saturated heterocycles. The van der Waals surface area contributed by atoms with Gasteiger partial charge >= 0.3 is 0 Å². The lowest BCUT2D eigenvalue weighted by Crippen LogP contribution is -2.21. The Labute approximate surface area is 134 Å². The molecule has 0 aliphatic rings. The van der Waals surface area contributed by atoms with Gasteiger partial charge in [0.25, 0.3) is 5.91 Å². The number of amides is 1. The Morgan fingerprint density at radius 1 is 1.30 bits per heavy atom. The predicted molar refractivity (Wildman–Crippen MR) is 84.7 cm³/mol. The fourth-order valence-corrected chi connectivity index (χ4v) is 2.20. The van der Waals surface area contributed by atoms with Crippen LogP contribution in [0.2, 0.25) is 5.02 Å². The third-order valence-electron chi connectivity index (χ3n) is 2.40. The van der Waals surface area contributed by atoms with Crippen molar-refractivity contribution in [1.29, 1.82) is 0 Å². The molecule has 0 aliphatic heterocycles. The second-order valence-electron chi connectivity index (χ2n) is 3.89. The lowest BCUT2D eigenvalue weighted by molar-refractivity contribution is -0.118. The minimum Gasteiger partial charge on any atom is -0.483 e. The van der Waals surface area contributed by atoms with Crippen LogP contribution in [0.15, 0.2) is 42.5 Å². The van der Waals surface area contributed by atoms with E-state index in [1.807, 2.05) is 18.2 Å². The van der Waals surface area contributed by atoms with Crippen LogP contribution in [0.3, 0.4) is 0 Å². The standard InChI is InChI=1S/C14H10ClFINO2/c15-9-5-6-10(16)12(7-9)18-14(19)8-20-13-4-2-1-3-11(13)17/h1-7H,8H2,(H,18,19). The van der Waals surface area contributed by atoms with Crippen molar-refractivity contribution in [3.05, 3.63) is 56.9 Å². The third kappa shape index (κ3) is 4.08. The minimum atomic E-state index is -0.544. The first-order valence-electron chi connectivity index (χ1n) is 5.68. The number of carbonyl (C=O) groups excluding carboxylic acids is 1. The van der Waals surface area contributed by atoms with Gasteiger partial charge in [0.2, 0.25) is 0 Å². The van der Waals surface area contributed by atoms with E-state index in [0.717, 1.165) is 3.57 Å². The Kier molecular flexibility index (Phi) is 5.19. The number of hydrogen-bond acceptors (Lipinski definition) is 2. The van der Waals surface area contributed by atoms with Gasteiger partial charge in [-0.1, -0.05) is 23.7 Å². The van der Waals surface area contributed by atoms with E-state index in [0.29, 0.717) is 10.8 Å². The van der Waals surface area contributed by atoms with Crippen LogP contribution in [0.4, 0.5) is 10.1 Å². The van der Waals surface area contributed by atoms with Crippen LogP contribution in [0.1, 0.15) is 0 Å². The van der Waals surface area contributed by atoms with Gasteiger partial charge in [-0.3, -0.25) is 4.79 Å². The van der Waals surface area contributed by atoms with Crippen molar-refractivity contribution in [2.45, 2.75) is 0 Å². The highest BCUT2D eigenvalue weighted by Gasteiger charge is 2.09. The van der Waals surface area contributed by atoms with Crippen LogP contribution in [0.25, 0.3) is 0 Å². The number of rotatable bonds is 4. The molecule has 0 radical (unpaired) electrons. The van der Waals surface area contributed by atoms with E-state index >= 15 is 0 Å². The van der Waals surface area contributed by atoms with Crippen molar-refractivity contribution in [2.75, 3.05) is 11.9 Å². The summed E-state index contributed by atoms with van der Waals surface area (Å²) in [6.07, 6.45) is 0. The number of anilines is 1. The Balaban J connectivity index is 1.96. The topological polar surface area (TPSA) is 38.3 Å². The summed E-state index contributed by atoms with van der Waals surface area (Å²) in [5, 5.41) is 2.76. The molecule has 0 atom stereocenters. The maximum atomic E-state index is 13.4. The molecule has 2 aromatic rings. The van der Waals surface area contributed by atoms with Gasteiger partial charge in [0.15, 0.2) is 6.61 Å². The Morgan fingerprint density at radius 3 is 2.80 bits per heavy atom. The van der Waals surface area contributed by atoms with Crippen molar-refractivity contribution >= 4 is 45.8 Å². The van der Waals surface area contributed by atoms with Gasteiger partial charge < -0.3 is 10.1 Å². The molecule has 1 N–H and O–H groups in total. The summed E-state index contributed by atoms with van der Waals surface area (Å²) in [5.74, 6) is -0.391. The summed E-state index contributed by atoms with van der Waals surface area (Å²) in [6, 6.07) is 11.3. The molecule has 0 bridgehead atoms. The first-order valence-corrected chi connectivity index (χ1v) is 7.14. The zero-order chi connectivity index (χ0) is 14.5. The molecule has 0 aliphatic carbocycles. The zero-order valence-electron chi connectivity index (χ0n) is 10.2. The van der Waals surface area contributed by atoms with Crippen molar-refractivity contribution in [2.24, 2.45) is 0 Å². The van der Waals surface area contributed by atoms with E-state index in [-0.39, 0.29) is 12.3 Å². The summed E-state index contributed by atoms with van der Waals surface area (Å²) in [7, 11) is 0. The maximum Gasteiger partial charge on any atom is 0.262 e. The van der Waals surface area contributed by atoms with E-state index in [2.05, 4.69) is 27.9 Å². The summed E-state index contributed by atoms with van der Waals surface area (Å²) in [4.78, 5) is 11.7. The van der Waals surface area contributed by atoms with Gasteiger partial charge in [-0.25, -0.2) is 4.39 Å². The van der Waals surface area contributed by atoms with Crippen molar-refractivity contribution in [3.63, 3.8) is 0 Å². The molecular weight excluding hydrogens is 396 g/mol. The molecule has 20 heavy (non-hydrogen) atoms. The summed E-state index contributed by atoms with van der Waals surface area (Å²) < 4.78 is 19.7. The number of benzene rings is 2. The summed E-state index contributed by atoms with van der Waals surface area (Å²) in [6.45, 7) is -0.202. The number of nitrogens with one attached hydrogen (secondary N) is 1. The Hall–Kier alpha value is -1.34. The first-order chi connectivity index (χ1) is 9.56. The van der Waals surface area contributed by atoms with Crippen LogP contribution in [0, 0.1) is 9.39 Å². The van der Waals surface area contributed by atoms with Crippen LogP contribution < -0.4 is 10.1 Å².